The maximum atomic E-state index is 6.17. The summed E-state index contributed by atoms with van der Waals surface area (Å²) in [5, 5.41) is 3.62. The van der Waals surface area contributed by atoms with Crippen molar-refractivity contribution < 1.29 is 4.42 Å². The third-order valence-corrected chi connectivity index (χ3v) is 9.49. The standard InChI is InChI=1S/C48H33NO/c1-2-8-34(9-3-1)37-20-26-44(27-21-37)49(46-30-24-40(25-31-46)48-33-43-12-6-7-13-47(43)50-48)45-28-22-38(23-29-45)36-14-16-39(17-15-36)42-19-18-35-10-4-5-11-41(35)32-42/h1-33H. The molecule has 0 spiro atoms. The molecule has 1 heterocycles. The van der Waals surface area contributed by atoms with E-state index in [1.807, 2.05) is 18.2 Å². The molecule has 8 aromatic carbocycles. The van der Waals surface area contributed by atoms with Crippen LogP contribution in [0, 0.1) is 0 Å². The number of fused-ring (bicyclic) bond motifs is 2. The second-order valence-corrected chi connectivity index (χ2v) is 12.6. The normalized spacial score (nSPS) is 11.2. The van der Waals surface area contributed by atoms with Crippen molar-refractivity contribution >= 4 is 38.8 Å². The van der Waals surface area contributed by atoms with E-state index in [9.17, 15) is 0 Å². The van der Waals surface area contributed by atoms with Crippen molar-refractivity contribution in [3.8, 4) is 44.7 Å². The average Bonchev–Trinajstić information content (AvgIpc) is 3.64. The minimum Gasteiger partial charge on any atom is -0.456 e. The smallest absolute Gasteiger partial charge is 0.135 e. The molecule has 2 nitrogen and oxygen atoms in total. The Morgan fingerprint density at radius 2 is 0.700 bits per heavy atom. The van der Waals surface area contributed by atoms with E-state index in [4.69, 9.17) is 4.42 Å². The van der Waals surface area contributed by atoms with Gasteiger partial charge in [0, 0.05) is 28.0 Å². The topological polar surface area (TPSA) is 16.4 Å². The van der Waals surface area contributed by atoms with Crippen LogP contribution in [0.2, 0.25) is 0 Å². The number of hydrogen-bond donors (Lipinski definition) is 0. The summed E-state index contributed by atoms with van der Waals surface area (Å²) in [6.45, 7) is 0. The van der Waals surface area contributed by atoms with Gasteiger partial charge in [0.1, 0.15) is 11.3 Å². The zero-order chi connectivity index (χ0) is 33.3. The highest BCUT2D eigenvalue weighted by molar-refractivity contribution is 5.88. The number of anilines is 3. The van der Waals surface area contributed by atoms with E-state index in [0.29, 0.717) is 0 Å². The summed E-state index contributed by atoms with van der Waals surface area (Å²) in [5.41, 5.74) is 12.4. The van der Waals surface area contributed by atoms with Crippen molar-refractivity contribution in [2.24, 2.45) is 0 Å². The Morgan fingerprint density at radius 1 is 0.280 bits per heavy atom. The number of rotatable bonds is 7. The first kappa shape index (κ1) is 29.5. The average molecular weight is 640 g/mol. The van der Waals surface area contributed by atoms with Crippen LogP contribution < -0.4 is 4.90 Å². The van der Waals surface area contributed by atoms with E-state index < -0.39 is 0 Å². The minimum absolute atomic E-state index is 0.868. The lowest BCUT2D eigenvalue weighted by Gasteiger charge is -2.26. The summed E-state index contributed by atoms with van der Waals surface area (Å²) < 4.78 is 6.17. The van der Waals surface area contributed by atoms with Crippen LogP contribution >= 0.6 is 0 Å². The zero-order valence-corrected chi connectivity index (χ0v) is 27.4. The molecule has 2 heteroatoms. The summed E-state index contributed by atoms with van der Waals surface area (Å²) in [4.78, 5) is 2.31. The maximum absolute atomic E-state index is 6.17. The van der Waals surface area contributed by atoms with Crippen molar-refractivity contribution in [1.82, 2.24) is 0 Å². The van der Waals surface area contributed by atoms with Crippen LogP contribution in [0.1, 0.15) is 0 Å². The fraction of sp³-hybridized carbons (Fsp3) is 0. The summed E-state index contributed by atoms with van der Waals surface area (Å²) in [5.74, 6) is 0.868. The molecule has 1 aromatic heterocycles. The van der Waals surface area contributed by atoms with Crippen molar-refractivity contribution in [3.05, 3.63) is 200 Å². The zero-order valence-electron chi connectivity index (χ0n) is 27.4. The third kappa shape index (κ3) is 5.74. The molecular weight excluding hydrogens is 607 g/mol. The Hall–Kier alpha value is -6.64. The summed E-state index contributed by atoms with van der Waals surface area (Å²) in [6, 6.07) is 71.1. The SMILES string of the molecule is c1ccc(-c2ccc(N(c3ccc(-c4ccc(-c5ccc6ccccc6c5)cc4)cc3)c3ccc(-c4cc5ccccc5o4)cc3)cc2)cc1. The Bertz CT molecular complexity index is 2510. The van der Waals surface area contributed by atoms with Gasteiger partial charge in [-0.1, -0.05) is 133 Å². The second-order valence-electron chi connectivity index (χ2n) is 12.6. The Balaban J connectivity index is 1.03. The van der Waals surface area contributed by atoms with Gasteiger partial charge >= 0.3 is 0 Å². The molecule has 0 unspecified atom stereocenters. The molecular formula is C48H33NO. The van der Waals surface area contributed by atoms with Crippen LogP contribution in [0.4, 0.5) is 17.1 Å². The van der Waals surface area contributed by atoms with E-state index in [-0.39, 0.29) is 0 Å². The molecule has 0 aliphatic carbocycles. The molecule has 0 saturated carbocycles. The third-order valence-electron chi connectivity index (χ3n) is 9.49. The monoisotopic (exact) mass is 639 g/mol. The first-order valence-electron chi connectivity index (χ1n) is 17.0. The molecule has 9 rings (SSSR count). The van der Waals surface area contributed by atoms with Gasteiger partial charge in [-0.05, 0) is 111 Å². The van der Waals surface area contributed by atoms with Gasteiger partial charge in [-0.2, -0.15) is 0 Å². The molecule has 236 valence electrons. The molecule has 0 atom stereocenters. The lowest BCUT2D eigenvalue weighted by atomic mass is 9.98. The van der Waals surface area contributed by atoms with Crippen LogP contribution in [0.25, 0.3) is 66.4 Å². The Labute approximate surface area is 292 Å². The summed E-state index contributed by atoms with van der Waals surface area (Å²) in [7, 11) is 0. The largest absolute Gasteiger partial charge is 0.456 e. The van der Waals surface area contributed by atoms with E-state index >= 15 is 0 Å². The number of benzene rings is 8. The second kappa shape index (κ2) is 12.8. The number of nitrogens with zero attached hydrogens (tertiary/aromatic N) is 1. The van der Waals surface area contributed by atoms with Gasteiger partial charge in [0.05, 0.1) is 0 Å². The van der Waals surface area contributed by atoms with Gasteiger partial charge in [-0.3, -0.25) is 0 Å². The molecule has 0 fully saturated rings. The summed E-state index contributed by atoms with van der Waals surface area (Å²) >= 11 is 0. The van der Waals surface area contributed by atoms with Crippen LogP contribution in [-0.2, 0) is 0 Å². The van der Waals surface area contributed by atoms with Gasteiger partial charge in [0.15, 0.2) is 0 Å². The lowest BCUT2D eigenvalue weighted by molar-refractivity contribution is 0.631. The Morgan fingerprint density at radius 3 is 1.28 bits per heavy atom. The predicted octanol–water partition coefficient (Wildman–Crippen LogP) is 13.7. The fourth-order valence-corrected chi connectivity index (χ4v) is 6.81. The van der Waals surface area contributed by atoms with Crippen molar-refractivity contribution in [2.45, 2.75) is 0 Å². The van der Waals surface area contributed by atoms with Gasteiger partial charge < -0.3 is 9.32 Å². The predicted molar refractivity (Wildman–Crippen MR) is 210 cm³/mol. The molecule has 0 N–H and O–H groups in total. The molecule has 9 aromatic rings. The lowest BCUT2D eigenvalue weighted by Crippen LogP contribution is -2.09. The van der Waals surface area contributed by atoms with Crippen LogP contribution in [0.15, 0.2) is 205 Å². The quantitative estimate of drug-likeness (QED) is 0.173. The molecule has 0 bridgehead atoms. The van der Waals surface area contributed by atoms with Crippen molar-refractivity contribution in [3.63, 3.8) is 0 Å². The van der Waals surface area contributed by atoms with E-state index in [2.05, 4.69) is 187 Å². The van der Waals surface area contributed by atoms with Crippen LogP contribution in [0.3, 0.4) is 0 Å². The van der Waals surface area contributed by atoms with E-state index in [1.165, 1.54) is 44.2 Å². The fourth-order valence-electron chi connectivity index (χ4n) is 6.81. The highest BCUT2D eigenvalue weighted by Gasteiger charge is 2.15. The molecule has 0 saturated heterocycles. The number of furan rings is 1. The molecule has 50 heavy (non-hydrogen) atoms. The van der Waals surface area contributed by atoms with Gasteiger partial charge in [-0.25, -0.2) is 0 Å². The minimum atomic E-state index is 0.868. The molecule has 0 aliphatic rings. The first-order valence-corrected chi connectivity index (χ1v) is 17.0. The first-order chi connectivity index (χ1) is 24.7. The van der Waals surface area contributed by atoms with Gasteiger partial charge in [-0.15, -0.1) is 0 Å². The van der Waals surface area contributed by atoms with Crippen molar-refractivity contribution in [1.29, 1.82) is 0 Å². The van der Waals surface area contributed by atoms with Gasteiger partial charge in [0.2, 0.25) is 0 Å². The molecule has 0 aliphatic heterocycles. The van der Waals surface area contributed by atoms with Gasteiger partial charge in [0.25, 0.3) is 0 Å². The van der Waals surface area contributed by atoms with E-state index in [0.717, 1.165) is 39.4 Å². The maximum Gasteiger partial charge on any atom is 0.135 e. The molecule has 0 amide bonds. The highest BCUT2D eigenvalue weighted by atomic mass is 16.3. The Kier molecular flexibility index (Phi) is 7.53. The van der Waals surface area contributed by atoms with Crippen LogP contribution in [0.5, 0.6) is 0 Å². The number of hydrogen-bond acceptors (Lipinski definition) is 2. The van der Waals surface area contributed by atoms with Crippen molar-refractivity contribution in [2.75, 3.05) is 4.90 Å². The highest BCUT2D eigenvalue weighted by Crippen LogP contribution is 2.38. The number of para-hydroxylation sites is 1. The molecule has 0 radical (unpaired) electrons. The van der Waals surface area contributed by atoms with E-state index in [1.54, 1.807) is 0 Å². The van der Waals surface area contributed by atoms with Crippen LogP contribution in [-0.4, -0.2) is 0 Å². The summed E-state index contributed by atoms with van der Waals surface area (Å²) in [6.07, 6.45) is 0.